The SMILES string of the molecule is Cc1ccccc1NC(=S)N1C(=O)COc2cc(NC(=O)N/N=C/c3ccccc3)ccc21. The zero-order valence-corrected chi connectivity index (χ0v) is 18.6. The lowest BCUT2D eigenvalue weighted by Crippen LogP contribution is -2.45. The van der Waals surface area contributed by atoms with Gasteiger partial charge in [0.05, 0.1) is 11.9 Å². The van der Waals surface area contributed by atoms with Gasteiger partial charge in [0.1, 0.15) is 5.75 Å². The number of amides is 3. The summed E-state index contributed by atoms with van der Waals surface area (Å²) in [5.74, 6) is 0.136. The number of urea groups is 1. The van der Waals surface area contributed by atoms with Crippen LogP contribution in [0.15, 0.2) is 77.9 Å². The fraction of sp³-hybridized carbons (Fsp3) is 0.0833. The highest BCUT2D eigenvalue weighted by Gasteiger charge is 2.29. The molecule has 1 heterocycles. The van der Waals surface area contributed by atoms with Crippen LogP contribution in [0.25, 0.3) is 0 Å². The smallest absolute Gasteiger partial charge is 0.339 e. The molecule has 166 valence electrons. The summed E-state index contributed by atoms with van der Waals surface area (Å²) in [5, 5.41) is 9.97. The van der Waals surface area contributed by atoms with Crippen molar-refractivity contribution in [3.8, 4) is 5.75 Å². The first-order valence-corrected chi connectivity index (χ1v) is 10.5. The molecule has 0 fully saturated rings. The highest BCUT2D eigenvalue weighted by atomic mass is 32.1. The van der Waals surface area contributed by atoms with Crippen molar-refractivity contribution < 1.29 is 14.3 Å². The van der Waals surface area contributed by atoms with Crippen LogP contribution in [0.4, 0.5) is 21.9 Å². The van der Waals surface area contributed by atoms with Crippen LogP contribution in [0.3, 0.4) is 0 Å². The Morgan fingerprint density at radius 2 is 1.82 bits per heavy atom. The average Bonchev–Trinajstić information content (AvgIpc) is 2.81. The third-order valence-corrected chi connectivity index (χ3v) is 5.11. The third kappa shape index (κ3) is 5.34. The topological polar surface area (TPSA) is 95.1 Å². The molecule has 3 aromatic rings. The van der Waals surface area contributed by atoms with Crippen molar-refractivity contribution in [3.63, 3.8) is 0 Å². The first-order chi connectivity index (χ1) is 16.0. The number of thiocarbonyl (C=S) groups is 1. The number of ether oxygens (including phenoxy) is 1. The number of hydrogen-bond acceptors (Lipinski definition) is 5. The van der Waals surface area contributed by atoms with Crippen LogP contribution < -0.4 is 25.7 Å². The van der Waals surface area contributed by atoms with E-state index in [4.69, 9.17) is 17.0 Å². The third-order valence-electron chi connectivity index (χ3n) is 4.83. The van der Waals surface area contributed by atoms with E-state index < -0.39 is 6.03 Å². The Bertz CT molecular complexity index is 1230. The van der Waals surface area contributed by atoms with E-state index in [2.05, 4.69) is 21.2 Å². The van der Waals surface area contributed by atoms with Gasteiger partial charge in [-0.05, 0) is 48.5 Å². The molecule has 0 aliphatic carbocycles. The number of hydrogen-bond donors (Lipinski definition) is 3. The molecule has 0 unspecified atom stereocenters. The number of para-hydroxylation sites is 1. The standard InChI is InChI=1S/C24H21N5O3S/c1-16-7-5-6-10-19(16)27-24(33)29-20-12-11-18(13-21(20)32-15-22(29)30)26-23(31)28-25-14-17-8-3-2-4-9-17/h2-14H,15H2,1H3,(H,27,33)(H2,26,28,31)/b25-14+. The monoisotopic (exact) mass is 459 g/mol. The zero-order valence-electron chi connectivity index (χ0n) is 17.7. The van der Waals surface area contributed by atoms with Crippen molar-refractivity contribution in [2.45, 2.75) is 6.92 Å². The maximum absolute atomic E-state index is 12.5. The summed E-state index contributed by atoms with van der Waals surface area (Å²) in [4.78, 5) is 26.1. The molecule has 0 radical (unpaired) electrons. The number of aryl methyl sites for hydroxylation is 1. The quantitative estimate of drug-likeness (QED) is 0.308. The summed E-state index contributed by atoms with van der Waals surface area (Å²) in [5.41, 5.74) is 6.06. The summed E-state index contributed by atoms with van der Waals surface area (Å²) in [6, 6.07) is 21.5. The lowest BCUT2D eigenvalue weighted by Gasteiger charge is -2.30. The number of carbonyl (C=O) groups excluding carboxylic acids is 2. The van der Waals surface area contributed by atoms with E-state index in [1.807, 2.05) is 61.5 Å². The minimum Gasteiger partial charge on any atom is -0.481 e. The number of anilines is 3. The van der Waals surface area contributed by atoms with Gasteiger partial charge in [-0.15, -0.1) is 0 Å². The number of nitrogens with zero attached hydrogens (tertiary/aromatic N) is 2. The van der Waals surface area contributed by atoms with E-state index in [1.54, 1.807) is 24.4 Å². The van der Waals surface area contributed by atoms with Gasteiger partial charge in [0.15, 0.2) is 11.7 Å². The summed E-state index contributed by atoms with van der Waals surface area (Å²) in [6.07, 6.45) is 1.54. The van der Waals surface area contributed by atoms with Crippen molar-refractivity contribution in [2.24, 2.45) is 5.10 Å². The Morgan fingerprint density at radius 1 is 1.06 bits per heavy atom. The number of rotatable bonds is 4. The summed E-state index contributed by atoms with van der Waals surface area (Å²) >= 11 is 5.50. The molecular weight excluding hydrogens is 438 g/mol. The Balaban J connectivity index is 1.44. The van der Waals surface area contributed by atoms with E-state index in [1.165, 1.54) is 4.90 Å². The molecule has 9 heteroatoms. The molecule has 8 nitrogen and oxygen atoms in total. The van der Waals surface area contributed by atoms with Crippen LogP contribution in [0.1, 0.15) is 11.1 Å². The minimum atomic E-state index is -0.511. The van der Waals surface area contributed by atoms with Crippen LogP contribution in [0.2, 0.25) is 0 Å². The van der Waals surface area contributed by atoms with E-state index >= 15 is 0 Å². The fourth-order valence-corrected chi connectivity index (χ4v) is 3.51. The predicted molar refractivity (Wildman–Crippen MR) is 133 cm³/mol. The molecule has 4 rings (SSSR count). The molecule has 3 N–H and O–H groups in total. The molecule has 0 atom stereocenters. The lowest BCUT2D eigenvalue weighted by molar-refractivity contribution is -0.120. The maximum Gasteiger partial charge on any atom is 0.339 e. The highest BCUT2D eigenvalue weighted by molar-refractivity contribution is 7.80. The van der Waals surface area contributed by atoms with Gasteiger partial charge in [-0.25, -0.2) is 10.2 Å². The van der Waals surface area contributed by atoms with Gasteiger partial charge in [-0.1, -0.05) is 48.5 Å². The molecule has 1 aliphatic heterocycles. The van der Waals surface area contributed by atoms with Crippen molar-refractivity contribution in [1.29, 1.82) is 0 Å². The van der Waals surface area contributed by atoms with Gasteiger partial charge in [0, 0.05) is 17.4 Å². The average molecular weight is 460 g/mol. The summed E-state index contributed by atoms with van der Waals surface area (Å²) in [6.45, 7) is 1.78. The van der Waals surface area contributed by atoms with Crippen LogP contribution in [-0.4, -0.2) is 29.9 Å². The molecule has 3 aromatic carbocycles. The molecule has 0 bridgehead atoms. The Labute approximate surface area is 196 Å². The second-order valence-corrected chi connectivity index (χ2v) is 7.57. The Morgan fingerprint density at radius 3 is 2.61 bits per heavy atom. The summed E-state index contributed by atoms with van der Waals surface area (Å²) in [7, 11) is 0. The van der Waals surface area contributed by atoms with Crippen molar-refractivity contribution in [1.82, 2.24) is 5.43 Å². The van der Waals surface area contributed by atoms with Gasteiger partial charge in [0.2, 0.25) is 0 Å². The van der Waals surface area contributed by atoms with Gasteiger partial charge < -0.3 is 15.4 Å². The first-order valence-electron chi connectivity index (χ1n) is 10.1. The van der Waals surface area contributed by atoms with Crippen LogP contribution in [-0.2, 0) is 4.79 Å². The fourth-order valence-electron chi connectivity index (χ4n) is 3.20. The number of nitrogens with one attached hydrogen (secondary N) is 3. The van der Waals surface area contributed by atoms with Crippen LogP contribution >= 0.6 is 12.2 Å². The molecule has 1 aliphatic rings. The normalized spacial score (nSPS) is 12.6. The van der Waals surface area contributed by atoms with Gasteiger partial charge in [-0.3, -0.25) is 9.69 Å². The second kappa shape index (κ2) is 9.92. The van der Waals surface area contributed by atoms with Gasteiger partial charge in [-0.2, -0.15) is 5.10 Å². The number of fused-ring (bicyclic) bond motifs is 1. The molecule has 3 amide bonds. The van der Waals surface area contributed by atoms with Crippen LogP contribution in [0, 0.1) is 6.92 Å². The number of benzene rings is 3. The summed E-state index contributed by atoms with van der Waals surface area (Å²) < 4.78 is 5.57. The maximum atomic E-state index is 12.5. The van der Waals surface area contributed by atoms with E-state index in [0.29, 0.717) is 17.1 Å². The molecule has 0 saturated carbocycles. The Kier molecular flexibility index (Phi) is 6.61. The van der Waals surface area contributed by atoms with Gasteiger partial charge in [0.25, 0.3) is 5.91 Å². The minimum absolute atomic E-state index is 0.167. The highest BCUT2D eigenvalue weighted by Crippen LogP contribution is 2.35. The molecular formula is C24H21N5O3S. The first kappa shape index (κ1) is 22.0. The van der Waals surface area contributed by atoms with Crippen molar-refractivity contribution >= 4 is 52.5 Å². The molecule has 0 saturated heterocycles. The number of carbonyl (C=O) groups is 2. The number of hydrazone groups is 1. The van der Waals surface area contributed by atoms with E-state index in [-0.39, 0.29) is 17.6 Å². The van der Waals surface area contributed by atoms with Crippen molar-refractivity contribution in [3.05, 3.63) is 83.9 Å². The van der Waals surface area contributed by atoms with E-state index in [9.17, 15) is 9.59 Å². The molecule has 0 aromatic heterocycles. The second-order valence-electron chi connectivity index (χ2n) is 7.18. The van der Waals surface area contributed by atoms with Gasteiger partial charge >= 0.3 is 6.03 Å². The lowest BCUT2D eigenvalue weighted by atomic mass is 10.2. The zero-order chi connectivity index (χ0) is 23.2. The molecule has 33 heavy (non-hydrogen) atoms. The predicted octanol–water partition coefficient (Wildman–Crippen LogP) is 4.27. The largest absolute Gasteiger partial charge is 0.481 e. The molecule has 0 spiro atoms. The van der Waals surface area contributed by atoms with E-state index in [0.717, 1.165) is 16.8 Å². The van der Waals surface area contributed by atoms with Crippen LogP contribution in [0.5, 0.6) is 5.75 Å². The van der Waals surface area contributed by atoms with Crippen molar-refractivity contribution in [2.75, 3.05) is 22.1 Å². The Hall–Kier alpha value is -4.24.